The summed E-state index contributed by atoms with van der Waals surface area (Å²) in [6, 6.07) is 4.00. The van der Waals surface area contributed by atoms with E-state index in [-0.39, 0.29) is 0 Å². The topological polar surface area (TPSA) is 20.2 Å². The maximum absolute atomic E-state index is 9.96. The van der Waals surface area contributed by atoms with Gasteiger partial charge in [-0.25, -0.2) is 0 Å². The third-order valence-electron chi connectivity index (χ3n) is 2.21. The zero-order valence-electron chi connectivity index (χ0n) is 8.67. The van der Waals surface area contributed by atoms with Crippen molar-refractivity contribution >= 4 is 15.9 Å². The van der Waals surface area contributed by atoms with Crippen LogP contribution in [-0.2, 0) is 18.2 Å². The minimum Gasteiger partial charge on any atom is -0.507 e. The van der Waals surface area contributed by atoms with Gasteiger partial charge in [-0.3, -0.25) is 0 Å². The summed E-state index contributed by atoms with van der Waals surface area (Å²) in [4.78, 5) is 0. The number of hydrogen-bond acceptors (Lipinski definition) is 1. The van der Waals surface area contributed by atoms with E-state index in [1.165, 1.54) is 5.56 Å². The molecule has 0 radical (unpaired) electrons. The maximum atomic E-state index is 9.96. The number of hydrogen-bond donors (Lipinski definition) is 1. The van der Waals surface area contributed by atoms with Gasteiger partial charge in [-0.05, 0) is 29.5 Å². The van der Waals surface area contributed by atoms with Crippen LogP contribution < -0.4 is 0 Å². The van der Waals surface area contributed by atoms with Crippen LogP contribution in [0.4, 0.5) is 0 Å². The monoisotopic (exact) mass is 266 g/mol. The zero-order chi connectivity index (χ0) is 11.3. The smallest absolute Gasteiger partial charge is 0.122 e. The van der Waals surface area contributed by atoms with Crippen molar-refractivity contribution in [2.75, 3.05) is 0 Å². The number of aromatic hydroxyl groups is 1. The van der Waals surface area contributed by atoms with Crippen LogP contribution in [0.15, 0.2) is 37.4 Å². The quantitative estimate of drug-likeness (QED) is 0.636. The molecule has 1 rings (SSSR count). The van der Waals surface area contributed by atoms with Crippen molar-refractivity contribution < 1.29 is 5.11 Å². The van der Waals surface area contributed by atoms with Gasteiger partial charge in [-0.2, -0.15) is 0 Å². The second-order valence-electron chi connectivity index (χ2n) is 3.38. The molecule has 0 unspecified atom stereocenters. The van der Waals surface area contributed by atoms with Gasteiger partial charge in [0.25, 0.3) is 0 Å². The molecule has 0 aliphatic carbocycles. The molecule has 0 saturated heterocycles. The van der Waals surface area contributed by atoms with E-state index in [0.29, 0.717) is 18.6 Å². The molecule has 1 aromatic carbocycles. The van der Waals surface area contributed by atoms with Gasteiger partial charge in [-0.15, -0.1) is 13.2 Å². The van der Waals surface area contributed by atoms with Crippen LogP contribution in [0.3, 0.4) is 0 Å². The molecule has 1 N–H and O–H groups in total. The number of phenols is 1. The molecule has 15 heavy (non-hydrogen) atoms. The minimum atomic E-state index is 0.375. The first-order valence-electron chi connectivity index (χ1n) is 4.84. The minimum absolute atomic E-state index is 0.375. The van der Waals surface area contributed by atoms with Gasteiger partial charge in [0.2, 0.25) is 0 Å². The van der Waals surface area contributed by atoms with Crippen LogP contribution >= 0.6 is 15.9 Å². The number of alkyl halides is 1. The molecule has 0 fully saturated rings. The van der Waals surface area contributed by atoms with Crippen LogP contribution in [0.5, 0.6) is 5.75 Å². The molecule has 0 aliphatic heterocycles. The van der Waals surface area contributed by atoms with Gasteiger partial charge in [-0.1, -0.05) is 40.2 Å². The molecule has 0 amide bonds. The van der Waals surface area contributed by atoms with Gasteiger partial charge in [0.05, 0.1) is 0 Å². The molecule has 0 saturated carbocycles. The van der Waals surface area contributed by atoms with Gasteiger partial charge < -0.3 is 5.11 Å². The Kier molecular flexibility index (Phi) is 4.63. The highest BCUT2D eigenvalue weighted by Gasteiger charge is 2.07. The molecular weight excluding hydrogens is 252 g/mol. The van der Waals surface area contributed by atoms with E-state index in [1.54, 1.807) is 12.2 Å². The average Bonchev–Trinajstić information content (AvgIpc) is 2.24. The third-order valence-corrected chi connectivity index (χ3v) is 2.86. The van der Waals surface area contributed by atoms with Crippen molar-refractivity contribution in [3.05, 3.63) is 54.1 Å². The Morgan fingerprint density at radius 3 is 1.93 bits per heavy atom. The van der Waals surface area contributed by atoms with Crippen LogP contribution in [0.25, 0.3) is 0 Å². The molecule has 0 aliphatic rings. The molecule has 0 bridgehead atoms. The van der Waals surface area contributed by atoms with Crippen LogP contribution in [0, 0.1) is 0 Å². The summed E-state index contributed by atoms with van der Waals surface area (Å²) >= 11 is 3.42. The van der Waals surface area contributed by atoms with Crippen LogP contribution in [-0.4, -0.2) is 5.11 Å². The molecule has 0 aromatic heterocycles. The fraction of sp³-hybridized carbons (Fsp3) is 0.231. The summed E-state index contributed by atoms with van der Waals surface area (Å²) in [5.74, 6) is 0.375. The summed E-state index contributed by atoms with van der Waals surface area (Å²) in [7, 11) is 0. The first-order valence-corrected chi connectivity index (χ1v) is 5.96. The van der Waals surface area contributed by atoms with Crippen LogP contribution in [0.2, 0.25) is 0 Å². The van der Waals surface area contributed by atoms with Crippen molar-refractivity contribution in [1.82, 2.24) is 0 Å². The summed E-state index contributed by atoms with van der Waals surface area (Å²) in [5, 5.41) is 10.8. The molecule has 0 atom stereocenters. The molecule has 2 heteroatoms. The lowest BCUT2D eigenvalue weighted by atomic mass is 10.0. The first kappa shape index (κ1) is 12.1. The van der Waals surface area contributed by atoms with Gasteiger partial charge in [0.15, 0.2) is 0 Å². The Hall–Kier alpha value is -1.02. The first-order chi connectivity index (χ1) is 7.22. The summed E-state index contributed by atoms with van der Waals surface area (Å²) in [6.07, 6.45) is 4.98. The zero-order valence-corrected chi connectivity index (χ0v) is 10.3. The van der Waals surface area contributed by atoms with Gasteiger partial charge in [0.1, 0.15) is 5.75 Å². The van der Waals surface area contributed by atoms with E-state index in [1.807, 2.05) is 12.1 Å². The molecule has 0 heterocycles. The molecule has 1 nitrogen and oxygen atoms in total. The lowest BCUT2D eigenvalue weighted by molar-refractivity contribution is 0.464. The number of benzene rings is 1. The maximum Gasteiger partial charge on any atom is 0.122 e. The van der Waals surface area contributed by atoms with Crippen molar-refractivity contribution in [3.63, 3.8) is 0 Å². The summed E-state index contributed by atoms with van der Waals surface area (Å²) in [6.45, 7) is 7.37. The van der Waals surface area contributed by atoms with E-state index < -0.39 is 0 Å². The van der Waals surface area contributed by atoms with E-state index in [2.05, 4.69) is 29.1 Å². The Morgan fingerprint density at radius 1 is 1.13 bits per heavy atom. The highest BCUT2D eigenvalue weighted by atomic mass is 79.9. The summed E-state index contributed by atoms with van der Waals surface area (Å²) in [5.41, 5.74) is 3.03. The molecule has 1 aromatic rings. The third kappa shape index (κ3) is 2.96. The highest BCUT2D eigenvalue weighted by molar-refractivity contribution is 9.08. The lowest BCUT2D eigenvalue weighted by Gasteiger charge is -2.09. The number of halogens is 1. The highest BCUT2D eigenvalue weighted by Crippen LogP contribution is 2.27. The van der Waals surface area contributed by atoms with Crippen molar-refractivity contribution in [3.8, 4) is 5.75 Å². The van der Waals surface area contributed by atoms with E-state index in [9.17, 15) is 5.11 Å². The standard InChI is InChI=1S/C13H15BrO/c1-3-5-11-7-10(9-14)8-12(6-4-2)13(11)15/h3-4,7-8,15H,1-2,5-6,9H2. The predicted octanol–water partition coefficient (Wildman–Crippen LogP) is 3.74. The van der Waals surface area contributed by atoms with E-state index >= 15 is 0 Å². The van der Waals surface area contributed by atoms with E-state index in [0.717, 1.165) is 16.5 Å². The SMILES string of the molecule is C=CCc1cc(CBr)cc(CC=C)c1O. The van der Waals surface area contributed by atoms with Gasteiger partial charge >= 0.3 is 0 Å². The Balaban J connectivity index is 3.19. The Labute approximate surface area is 99.3 Å². The largest absolute Gasteiger partial charge is 0.507 e. The second kappa shape index (κ2) is 5.76. The molecular formula is C13H15BrO. The fourth-order valence-corrected chi connectivity index (χ4v) is 1.86. The Bertz CT molecular complexity index is 338. The average molecular weight is 267 g/mol. The van der Waals surface area contributed by atoms with E-state index in [4.69, 9.17) is 0 Å². The molecule has 80 valence electrons. The van der Waals surface area contributed by atoms with Gasteiger partial charge in [0, 0.05) is 5.33 Å². The lowest BCUT2D eigenvalue weighted by Crippen LogP contribution is -1.92. The predicted molar refractivity (Wildman–Crippen MR) is 68.5 cm³/mol. The number of rotatable bonds is 5. The van der Waals surface area contributed by atoms with Crippen molar-refractivity contribution in [2.24, 2.45) is 0 Å². The number of phenolic OH excluding ortho intramolecular Hbond substituents is 1. The van der Waals surface area contributed by atoms with Crippen molar-refractivity contribution in [1.29, 1.82) is 0 Å². The van der Waals surface area contributed by atoms with Crippen molar-refractivity contribution in [2.45, 2.75) is 18.2 Å². The fourth-order valence-electron chi connectivity index (χ4n) is 1.53. The van der Waals surface area contributed by atoms with Crippen LogP contribution in [0.1, 0.15) is 16.7 Å². The summed E-state index contributed by atoms with van der Waals surface area (Å²) < 4.78 is 0. The normalized spacial score (nSPS) is 9.93. The molecule has 0 spiro atoms. The Morgan fingerprint density at radius 2 is 1.60 bits per heavy atom. The number of allylic oxidation sites excluding steroid dienone is 2. The second-order valence-corrected chi connectivity index (χ2v) is 3.94.